The monoisotopic (exact) mass is 241 g/mol. The highest BCUT2D eigenvalue weighted by molar-refractivity contribution is 5.76. The van der Waals surface area contributed by atoms with E-state index >= 15 is 0 Å². The zero-order chi connectivity index (χ0) is 12.7. The van der Waals surface area contributed by atoms with E-state index in [1.807, 2.05) is 4.90 Å². The van der Waals surface area contributed by atoms with E-state index in [9.17, 15) is 4.79 Å². The Morgan fingerprint density at radius 1 is 1.35 bits per heavy atom. The van der Waals surface area contributed by atoms with Gasteiger partial charge < -0.3 is 15.5 Å². The number of likely N-dealkylation sites (tertiary alicyclic amines) is 1. The number of carbonyl (C=O) groups excluding carboxylic acids is 1. The lowest BCUT2D eigenvalue weighted by molar-refractivity contribution is -0.133. The Balaban J connectivity index is 2.26. The Hall–Kier alpha value is -0.610. The van der Waals surface area contributed by atoms with Gasteiger partial charge in [-0.15, -0.1) is 0 Å². The van der Waals surface area contributed by atoms with Crippen molar-refractivity contribution in [3.8, 4) is 0 Å². The maximum absolute atomic E-state index is 12.0. The van der Waals surface area contributed by atoms with Crippen LogP contribution in [0.5, 0.6) is 0 Å². The molecule has 0 radical (unpaired) electrons. The highest BCUT2D eigenvalue weighted by atomic mass is 16.2. The molecule has 0 bridgehead atoms. The first kappa shape index (κ1) is 14.5. The number of amides is 1. The van der Waals surface area contributed by atoms with E-state index in [1.165, 1.54) is 6.42 Å². The second-order valence-corrected chi connectivity index (χ2v) is 5.20. The summed E-state index contributed by atoms with van der Waals surface area (Å²) in [6.45, 7) is 2.59. The fraction of sp³-hybridized carbons (Fsp3) is 0.923. The van der Waals surface area contributed by atoms with E-state index in [4.69, 9.17) is 5.73 Å². The molecule has 0 aromatic carbocycles. The standard InChI is InChI=1S/C13H27N3O/c1-15(2)12-7-6-10-16(11-12)13(17)8-4-3-5-9-14/h12H,3-11,14H2,1-2H3. The summed E-state index contributed by atoms with van der Waals surface area (Å²) >= 11 is 0. The van der Waals surface area contributed by atoms with Crippen LogP contribution in [-0.4, -0.2) is 55.5 Å². The van der Waals surface area contributed by atoms with Gasteiger partial charge in [0.15, 0.2) is 0 Å². The van der Waals surface area contributed by atoms with Crippen molar-refractivity contribution in [1.29, 1.82) is 0 Å². The van der Waals surface area contributed by atoms with Gasteiger partial charge in [0.1, 0.15) is 0 Å². The van der Waals surface area contributed by atoms with Crippen molar-refractivity contribution in [2.24, 2.45) is 5.73 Å². The first-order chi connectivity index (χ1) is 8.15. The molecule has 17 heavy (non-hydrogen) atoms. The number of hydrogen-bond acceptors (Lipinski definition) is 3. The molecular formula is C13H27N3O. The number of piperidine rings is 1. The molecule has 0 saturated carbocycles. The summed E-state index contributed by atoms with van der Waals surface area (Å²) in [6, 6.07) is 0.539. The van der Waals surface area contributed by atoms with Gasteiger partial charge in [-0.25, -0.2) is 0 Å². The Labute approximate surface area is 105 Å². The fourth-order valence-electron chi connectivity index (χ4n) is 2.36. The lowest BCUT2D eigenvalue weighted by Crippen LogP contribution is -2.47. The van der Waals surface area contributed by atoms with Crippen LogP contribution in [0.2, 0.25) is 0 Å². The highest BCUT2D eigenvalue weighted by Crippen LogP contribution is 2.15. The SMILES string of the molecule is CN(C)C1CCCN(C(=O)CCCCCN)C1. The van der Waals surface area contributed by atoms with Crippen molar-refractivity contribution in [3.05, 3.63) is 0 Å². The molecule has 0 aliphatic carbocycles. The Morgan fingerprint density at radius 2 is 2.12 bits per heavy atom. The van der Waals surface area contributed by atoms with Gasteiger partial charge in [-0.3, -0.25) is 4.79 Å². The maximum Gasteiger partial charge on any atom is 0.222 e. The summed E-state index contributed by atoms with van der Waals surface area (Å²) < 4.78 is 0. The highest BCUT2D eigenvalue weighted by Gasteiger charge is 2.24. The van der Waals surface area contributed by atoms with E-state index in [0.717, 1.165) is 45.3 Å². The molecule has 1 rings (SSSR count). The van der Waals surface area contributed by atoms with Crippen LogP contribution in [0.15, 0.2) is 0 Å². The molecule has 4 heteroatoms. The smallest absolute Gasteiger partial charge is 0.222 e. The molecule has 1 unspecified atom stereocenters. The molecule has 1 amide bonds. The van der Waals surface area contributed by atoms with Gasteiger partial charge in [0, 0.05) is 25.6 Å². The summed E-state index contributed by atoms with van der Waals surface area (Å²) in [5.41, 5.74) is 5.44. The third kappa shape index (κ3) is 5.04. The molecule has 0 aromatic heterocycles. The van der Waals surface area contributed by atoms with Gasteiger partial charge in [-0.05, 0) is 46.3 Å². The molecule has 4 nitrogen and oxygen atoms in total. The molecule has 1 atom stereocenters. The lowest BCUT2D eigenvalue weighted by atomic mass is 10.0. The van der Waals surface area contributed by atoms with E-state index in [0.29, 0.717) is 18.4 Å². The first-order valence-corrected chi connectivity index (χ1v) is 6.79. The number of nitrogens with two attached hydrogens (primary N) is 1. The molecule has 1 fully saturated rings. The number of likely N-dealkylation sites (N-methyl/N-ethyl adjacent to an activating group) is 1. The van der Waals surface area contributed by atoms with Gasteiger partial charge in [-0.1, -0.05) is 6.42 Å². The van der Waals surface area contributed by atoms with Crippen LogP contribution in [0.3, 0.4) is 0 Å². The molecule has 0 spiro atoms. The average Bonchev–Trinajstić information content (AvgIpc) is 2.34. The summed E-state index contributed by atoms with van der Waals surface area (Å²) in [4.78, 5) is 16.3. The number of unbranched alkanes of at least 4 members (excludes halogenated alkanes) is 2. The fourth-order valence-corrected chi connectivity index (χ4v) is 2.36. The summed E-state index contributed by atoms with van der Waals surface area (Å²) in [7, 11) is 4.19. The van der Waals surface area contributed by atoms with Crippen LogP contribution in [-0.2, 0) is 4.79 Å². The summed E-state index contributed by atoms with van der Waals surface area (Å²) in [5, 5.41) is 0. The number of carbonyl (C=O) groups is 1. The molecule has 1 heterocycles. The minimum atomic E-state index is 0.327. The van der Waals surface area contributed by atoms with E-state index in [2.05, 4.69) is 19.0 Å². The molecule has 100 valence electrons. The Bertz CT molecular complexity index is 231. The summed E-state index contributed by atoms with van der Waals surface area (Å²) in [6.07, 6.45) is 6.14. The van der Waals surface area contributed by atoms with E-state index < -0.39 is 0 Å². The molecular weight excluding hydrogens is 214 g/mol. The van der Waals surface area contributed by atoms with Crippen LogP contribution in [0.4, 0.5) is 0 Å². The molecule has 1 saturated heterocycles. The minimum Gasteiger partial charge on any atom is -0.341 e. The van der Waals surface area contributed by atoms with Crippen molar-refractivity contribution in [3.63, 3.8) is 0 Å². The zero-order valence-electron chi connectivity index (χ0n) is 11.3. The van der Waals surface area contributed by atoms with Crippen LogP contribution >= 0.6 is 0 Å². The minimum absolute atomic E-state index is 0.327. The predicted molar refractivity (Wildman–Crippen MR) is 70.8 cm³/mol. The topological polar surface area (TPSA) is 49.6 Å². The van der Waals surface area contributed by atoms with Gasteiger partial charge in [0.25, 0.3) is 0 Å². The van der Waals surface area contributed by atoms with Crippen molar-refractivity contribution >= 4 is 5.91 Å². The third-order valence-corrected chi connectivity index (χ3v) is 3.57. The number of nitrogens with zero attached hydrogens (tertiary/aromatic N) is 2. The summed E-state index contributed by atoms with van der Waals surface area (Å²) in [5.74, 6) is 0.327. The number of rotatable bonds is 6. The van der Waals surface area contributed by atoms with Gasteiger partial charge in [0.2, 0.25) is 5.91 Å². The van der Waals surface area contributed by atoms with Crippen molar-refractivity contribution < 1.29 is 4.79 Å². The zero-order valence-corrected chi connectivity index (χ0v) is 11.3. The second kappa shape index (κ2) is 7.67. The maximum atomic E-state index is 12.0. The molecule has 1 aliphatic heterocycles. The largest absolute Gasteiger partial charge is 0.341 e. The van der Waals surface area contributed by atoms with Gasteiger partial charge in [-0.2, -0.15) is 0 Å². The van der Waals surface area contributed by atoms with Crippen LogP contribution in [0.1, 0.15) is 38.5 Å². The number of hydrogen-bond donors (Lipinski definition) is 1. The van der Waals surface area contributed by atoms with Crippen LogP contribution < -0.4 is 5.73 Å². The van der Waals surface area contributed by atoms with Gasteiger partial charge in [0.05, 0.1) is 0 Å². The Morgan fingerprint density at radius 3 is 2.76 bits per heavy atom. The van der Waals surface area contributed by atoms with Crippen LogP contribution in [0, 0.1) is 0 Å². The molecule has 2 N–H and O–H groups in total. The molecule has 0 aromatic rings. The van der Waals surface area contributed by atoms with Crippen molar-refractivity contribution in [2.75, 3.05) is 33.7 Å². The second-order valence-electron chi connectivity index (χ2n) is 5.20. The molecule has 1 aliphatic rings. The lowest BCUT2D eigenvalue weighted by Gasteiger charge is -2.36. The van der Waals surface area contributed by atoms with Crippen LogP contribution in [0.25, 0.3) is 0 Å². The normalized spacial score (nSPS) is 20.9. The van der Waals surface area contributed by atoms with Crippen molar-refractivity contribution in [2.45, 2.75) is 44.6 Å². The third-order valence-electron chi connectivity index (χ3n) is 3.57. The average molecular weight is 241 g/mol. The predicted octanol–water partition coefficient (Wildman–Crippen LogP) is 1.06. The Kier molecular flexibility index (Phi) is 6.52. The first-order valence-electron chi connectivity index (χ1n) is 6.79. The van der Waals surface area contributed by atoms with Gasteiger partial charge >= 0.3 is 0 Å². The quantitative estimate of drug-likeness (QED) is 0.707. The van der Waals surface area contributed by atoms with Crippen molar-refractivity contribution in [1.82, 2.24) is 9.80 Å². The van der Waals surface area contributed by atoms with E-state index in [1.54, 1.807) is 0 Å². The van der Waals surface area contributed by atoms with E-state index in [-0.39, 0.29) is 0 Å².